The number of hydrogen-bond acceptors (Lipinski definition) is 1. The van der Waals surface area contributed by atoms with Crippen LogP contribution < -0.4 is 10.4 Å². The van der Waals surface area contributed by atoms with E-state index in [4.69, 9.17) is 0 Å². The van der Waals surface area contributed by atoms with Gasteiger partial charge in [-0.25, -0.2) is 0 Å². The summed E-state index contributed by atoms with van der Waals surface area (Å²) in [4.78, 5) is 0. The van der Waals surface area contributed by atoms with E-state index in [1.165, 1.54) is 16.1 Å². The molecule has 84 valence electrons. The van der Waals surface area contributed by atoms with Crippen LogP contribution in [0.2, 0.25) is 13.1 Å². The zero-order chi connectivity index (χ0) is 11.8. The van der Waals surface area contributed by atoms with Gasteiger partial charge in [0.25, 0.3) is 0 Å². The number of nitrogens with zero attached hydrogens (tertiary/aromatic N) is 2. The van der Waals surface area contributed by atoms with Crippen LogP contribution in [-0.4, -0.2) is 17.9 Å². The summed E-state index contributed by atoms with van der Waals surface area (Å²) in [6.45, 7) is 6.92. The summed E-state index contributed by atoms with van der Waals surface area (Å²) in [7, 11) is 0.446. The third-order valence-corrected chi connectivity index (χ3v) is 7.02. The van der Waals surface area contributed by atoms with Crippen molar-refractivity contribution in [2.45, 2.75) is 20.0 Å². The van der Waals surface area contributed by atoms with Crippen LogP contribution in [-0.2, 0) is 7.05 Å². The first-order valence-corrected chi connectivity index (χ1v) is 8.58. The molecule has 0 saturated carbocycles. The van der Waals surface area contributed by atoms with E-state index in [9.17, 15) is 0 Å². The van der Waals surface area contributed by atoms with E-state index < -0.39 is 8.07 Å². The van der Waals surface area contributed by atoms with Crippen LogP contribution in [0.15, 0.2) is 36.5 Å². The number of aryl methyl sites for hydroxylation is 1. The van der Waals surface area contributed by atoms with Crippen molar-refractivity contribution < 1.29 is 0 Å². The van der Waals surface area contributed by atoms with Gasteiger partial charge in [0.1, 0.15) is 8.07 Å². The quantitative estimate of drug-likeness (QED) is 0.716. The van der Waals surface area contributed by atoms with E-state index in [2.05, 4.69) is 55.4 Å². The molecule has 1 heterocycles. The van der Waals surface area contributed by atoms with Gasteiger partial charge in [0, 0.05) is 18.9 Å². The molecule has 0 saturated heterocycles. The molecule has 1 aromatic heterocycles. The van der Waals surface area contributed by atoms with E-state index in [-0.39, 0.29) is 0 Å². The summed E-state index contributed by atoms with van der Waals surface area (Å²) in [6.07, 6.45) is 2.04. The lowest BCUT2D eigenvalue weighted by Crippen LogP contribution is -2.53. The monoisotopic (exact) mass is 230 g/mol. The van der Waals surface area contributed by atoms with Crippen LogP contribution in [0.4, 0.5) is 0 Å². The molecular formula is C13H18N2Si. The second-order valence-corrected chi connectivity index (χ2v) is 9.12. The molecule has 0 N–H and O–H groups in total. The lowest BCUT2D eigenvalue weighted by atomic mass is 10.4. The first-order chi connectivity index (χ1) is 7.53. The Kier molecular flexibility index (Phi) is 2.72. The summed E-state index contributed by atoms with van der Waals surface area (Å²) in [5.41, 5.74) is 1.29. The Balaban J connectivity index is 2.51. The van der Waals surface area contributed by atoms with Crippen LogP contribution in [0, 0.1) is 6.92 Å². The van der Waals surface area contributed by atoms with Crippen molar-refractivity contribution in [2.75, 3.05) is 0 Å². The van der Waals surface area contributed by atoms with Crippen molar-refractivity contribution in [3.63, 3.8) is 0 Å². The van der Waals surface area contributed by atoms with E-state index in [0.29, 0.717) is 0 Å². The van der Waals surface area contributed by atoms with Gasteiger partial charge in [-0.3, -0.25) is 4.68 Å². The number of benzene rings is 1. The lowest BCUT2D eigenvalue weighted by molar-refractivity contribution is 0.741. The van der Waals surface area contributed by atoms with Crippen molar-refractivity contribution >= 4 is 18.4 Å². The molecule has 3 heteroatoms. The van der Waals surface area contributed by atoms with Gasteiger partial charge < -0.3 is 0 Å². The Bertz CT molecular complexity index is 486. The molecule has 0 atom stereocenters. The highest BCUT2D eigenvalue weighted by Crippen LogP contribution is 2.06. The van der Waals surface area contributed by atoms with Gasteiger partial charge in [-0.1, -0.05) is 48.6 Å². The van der Waals surface area contributed by atoms with Crippen molar-refractivity contribution in [3.05, 3.63) is 42.2 Å². The number of rotatable bonds is 2. The molecule has 2 rings (SSSR count). The Hall–Kier alpha value is -1.35. The average molecular weight is 230 g/mol. The lowest BCUT2D eigenvalue weighted by Gasteiger charge is -2.22. The minimum Gasteiger partial charge on any atom is -0.273 e. The van der Waals surface area contributed by atoms with Gasteiger partial charge in [-0.05, 0) is 12.1 Å². The van der Waals surface area contributed by atoms with Gasteiger partial charge in [0.05, 0.1) is 0 Å². The van der Waals surface area contributed by atoms with Crippen LogP contribution >= 0.6 is 0 Å². The summed E-state index contributed by atoms with van der Waals surface area (Å²) in [5, 5.41) is 7.25. The van der Waals surface area contributed by atoms with Crippen molar-refractivity contribution in [2.24, 2.45) is 7.05 Å². The highest BCUT2D eigenvalue weighted by atomic mass is 28.3. The zero-order valence-electron chi connectivity index (χ0n) is 10.4. The maximum atomic E-state index is 4.36. The summed E-state index contributed by atoms with van der Waals surface area (Å²) < 4.78 is 1.97. The van der Waals surface area contributed by atoms with E-state index >= 15 is 0 Å². The maximum Gasteiger partial charge on any atom is 0.116 e. The summed E-state index contributed by atoms with van der Waals surface area (Å²) >= 11 is 0. The molecule has 0 amide bonds. The SMILES string of the molecule is Cc1c([Si](C)(C)c2ccccc2)cnn1C. The third-order valence-electron chi connectivity index (χ3n) is 3.40. The minimum atomic E-state index is -1.56. The predicted molar refractivity (Wildman–Crippen MR) is 71.1 cm³/mol. The first kappa shape index (κ1) is 11.1. The minimum absolute atomic E-state index is 1.29. The van der Waals surface area contributed by atoms with E-state index in [0.717, 1.165) is 0 Å². The maximum absolute atomic E-state index is 4.36. The Morgan fingerprint density at radius 1 is 1.12 bits per heavy atom. The molecule has 0 bridgehead atoms. The second-order valence-electron chi connectivity index (χ2n) is 4.76. The van der Waals surface area contributed by atoms with E-state index in [1.807, 2.05) is 17.9 Å². The molecule has 16 heavy (non-hydrogen) atoms. The fourth-order valence-electron chi connectivity index (χ4n) is 2.12. The van der Waals surface area contributed by atoms with Crippen molar-refractivity contribution in [1.29, 1.82) is 0 Å². The molecule has 0 aliphatic heterocycles. The third kappa shape index (κ3) is 1.71. The Labute approximate surface area is 97.9 Å². The van der Waals surface area contributed by atoms with Crippen LogP contribution in [0.5, 0.6) is 0 Å². The predicted octanol–water partition coefficient (Wildman–Crippen LogP) is 1.55. The topological polar surface area (TPSA) is 17.8 Å². The molecule has 2 aromatic rings. The normalized spacial score (nSPS) is 11.8. The molecule has 1 aromatic carbocycles. The first-order valence-electron chi connectivity index (χ1n) is 5.58. The average Bonchev–Trinajstić information content (AvgIpc) is 2.61. The van der Waals surface area contributed by atoms with E-state index in [1.54, 1.807) is 0 Å². The molecule has 0 aliphatic rings. The number of aromatic nitrogens is 2. The summed E-state index contributed by atoms with van der Waals surface area (Å²) in [6, 6.07) is 10.8. The summed E-state index contributed by atoms with van der Waals surface area (Å²) in [5.74, 6) is 0. The molecule has 0 fully saturated rings. The van der Waals surface area contributed by atoms with Crippen molar-refractivity contribution in [3.8, 4) is 0 Å². The largest absolute Gasteiger partial charge is 0.273 e. The van der Waals surface area contributed by atoms with Gasteiger partial charge in [0.2, 0.25) is 0 Å². The highest BCUT2D eigenvalue weighted by molar-refractivity contribution is 7.00. The smallest absolute Gasteiger partial charge is 0.116 e. The van der Waals surface area contributed by atoms with Gasteiger partial charge in [-0.2, -0.15) is 5.10 Å². The van der Waals surface area contributed by atoms with Gasteiger partial charge >= 0.3 is 0 Å². The van der Waals surface area contributed by atoms with Crippen LogP contribution in [0.1, 0.15) is 5.69 Å². The Morgan fingerprint density at radius 3 is 2.25 bits per heavy atom. The highest BCUT2D eigenvalue weighted by Gasteiger charge is 2.29. The Morgan fingerprint density at radius 2 is 1.75 bits per heavy atom. The molecule has 0 unspecified atom stereocenters. The van der Waals surface area contributed by atoms with Crippen LogP contribution in [0.3, 0.4) is 0 Å². The standard InChI is InChI=1S/C13H18N2Si/c1-11-13(10-14-15(11)2)16(3,4)12-8-6-5-7-9-12/h5-10H,1-4H3. The molecule has 0 radical (unpaired) electrons. The molecule has 0 aliphatic carbocycles. The molecule has 2 nitrogen and oxygen atoms in total. The molecule has 0 spiro atoms. The second kappa shape index (κ2) is 3.90. The fraction of sp³-hybridized carbons (Fsp3) is 0.308. The van der Waals surface area contributed by atoms with Gasteiger partial charge in [0.15, 0.2) is 0 Å². The fourth-order valence-corrected chi connectivity index (χ4v) is 4.91. The van der Waals surface area contributed by atoms with Crippen molar-refractivity contribution in [1.82, 2.24) is 9.78 Å². The van der Waals surface area contributed by atoms with Gasteiger partial charge in [-0.15, -0.1) is 0 Å². The zero-order valence-corrected chi connectivity index (χ0v) is 11.4. The molecular weight excluding hydrogens is 212 g/mol. The number of hydrogen-bond donors (Lipinski definition) is 0. The van der Waals surface area contributed by atoms with Crippen LogP contribution in [0.25, 0.3) is 0 Å².